The van der Waals surface area contributed by atoms with Crippen molar-refractivity contribution in [2.45, 2.75) is 33.2 Å². The molecule has 0 spiro atoms. The van der Waals surface area contributed by atoms with Crippen LogP contribution in [0.5, 0.6) is 0 Å². The van der Waals surface area contributed by atoms with Gasteiger partial charge in [0.05, 0.1) is 6.61 Å². The molecule has 0 saturated heterocycles. The molecule has 0 heterocycles. The fraction of sp³-hybridized carbons (Fsp3) is 0.538. The summed E-state index contributed by atoms with van der Waals surface area (Å²) in [5.41, 5.74) is 3.69. The Morgan fingerprint density at radius 1 is 1.31 bits per heavy atom. The molecule has 1 atom stereocenters. The molecule has 0 radical (unpaired) electrons. The van der Waals surface area contributed by atoms with E-state index in [9.17, 15) is 0 Å². The van der Waals surface area contributed by atoms with Gasteiger partial charge in [-0.05, 0) is 43.5 Å². The second kappa shape index (κ2) is 6.26. The van der Waals surface area contributed by atoms with Crippen LogP contribution in [0.3, 0.4) is 0 Å². The number of nitrogens with one attached hydrogen (secondary N) is 1. The fourth-order valence-electron chi connectivity index (χ4n) is 1.73. The molecule has 0 aliphatic heterocycles. The predicted octanol–water partition coefficient (Wildman–Crippen LogP) is 3.90. The van der Waals surface area contributed by atoms with E-state index >= 15 is 0 Å². The first-order chi connectivity index (χ1) is 7.58. The zero-order valence-electron chi connectivity index (χ0n) is 10.4. The first-order valence-corrected chi connectivity index (χ1v) is 6.40. The van der Waals surface area contributed by atoms with E-state index < -0.39 is 0 Å². The summed E-state index contributed by atoms with van der Waals surface area (Å²) >= 11 is 3.57. The largest absolute Gasteiger partial charge is 0.383 e. The van der Waals surface area contributed by atoms with Crippen LogP contribution < -0.4 is 5.32 Å². The molecule has 2 nitrogen and oxygen atoms in total. The normalized spacial score (nSPS) is 12.6. The molecule has 0 aromatic heterocycles. The second-order valence-electron chi connectivity index (χ2n) is 4.13. The Morgan fingerprint density at radius 3 is 2.31 bits per heavy atom. The number of methoxy groups -OCH3 is 1. The Labute approximate surface area is 107 Å². The molecule has 0 aliphatic carbocycles. The van der Waals surface area contributed by atoms with Gasteiger partial charge in [0, 0.05) is 23.3 Å². The number of hydrogen-bond acceptors (Lipinski definition) is 2. The Hall–Kier alpha value is -0.540. The molecule has 0 saturated carbocycles. The minimum absolute atomic E-state index is 0.380. The van der Waals surface area contributed by atoms with Gasteiger partial charge >= 0.3 is 0 Å². The van der Waals surface area contributed by atoms with Crippen molar-refractivity contribution in [1.29, 1.82) is 0 Å². The predicted molar refractivity (Wildman–Crippen MR) is 73.2 cm³/mol. The first kappa shape index (κ1) is 13.5. The van der Waals surface area contributed by atoms with Gasteiger partial charge in [-0.15, -0.1) is 0 Å². The molecule has 1 aromatic carbocycles. The summed E-state index contributed by atoms with van der Waals surface area (Å²) in [6.07, 6.45) is 1.06. The lowest BCUT2D eigenvalue weighted by Gasteiger charge is -2.18. The lowest BCUT2D eigenvalue weighted by atomic mass is 10.1. The van der Waals surface area contributed by atoms with E-state index in [1.165, 1.54) is 21.3 Å². The van der Waals surface area contributed by atoms with Gasteiger partial charge in [0.25, 0.3) is 0 Å². The van der Waals surface area contributed by atoms with Gasteiger partial charge in [-0.1, -0.05) is 22.9 Å². The molecule has 1 unspecified atom stereocenters. The third-order valence-electron chi connectivity index (χ3n) is 2.67. The molecule has 90 valence electrons. The quantitative estimate of drug-likeness (QED) is 0.886. The highest BCUT2D eigenvalue weighted by atomic mass is 79.9. The molecule has 0 bridgehead atoms. The summed E-state index contributed by atoms with van der Waals surface area (Å²) in [6.45, 7) is 7.12. The van der Waals surface area contributed by atoms with Crippen molar-refractivity contribution < 1.29 is 4.74 Å². The molecule has 1 aromatic rings. The number of benzene rings is 1. The van der Waals surface area contributed by atoms with Crippen LogP contribution >= 0.6 is 15.9 Å². The van der Waals surface area contributed by atoms with Gasteiger partial charge in [0.1, 0.15) is 0 Å². The van der Waals surface area contributed by atoms with E-state index in [0.29, 0.717) is 6.04 Å². The molecular formula is C13H20BrNO. The summed E-state index contributed by atoms with van der Waals surface area (Å²) in [7, 11) is 1.74. The van der Waals surface area contributed by atoms with Crippen molar-refractivity contribution in [3.05, 3.63) is 27.7 Å². The summed E-state index contributed by atoms with van der Waals surface area (Å²) in [5, 5.41) is 3.49. The lowest BCUT2D eigenvalue weighted by Crippen LogP contribution is -2.23. The van der Waals surface area contributed by atoms with Crippen molar-refractivity contribution in [3.63, 3.8) is 0 Å². The first-order valence-electron chi connectivity index (χ1n) is 5.60. The van der Waals surface area contributed by atoms with Crippen molar-refractivity contribution in [2.24, 2.45) is 0 Å². The molecular weight excluding hydrogens is 266 g/mol. The number of anilines is 1. The summed E-state index contributed by atoms with van der Waals surface area (Å²) in [4.78, 5) is 0. The van der Waals surface area contributed by atoms with Crippen LogP contribution in [-0.2, 0) is 4.74 Å². The van der Waals surface area contributed by atoms with Crippen LogP contribution in [0.1, 0.15) is 24.5 Å². The van der Waals surface area contributed by atoms with Crippen molar-refractivity contribution in [2.75, 3.05) is 19.0 Å². The number of hydrogen-bond donors (Lipinski definition) is 1. The van der Waals surface area contributed by atoms with Gasteiger partial charge in [-0.3, -0.25) is 0 Å². The maximum absolute atomic E-state index is 5.18. The molecule has 1 N–H and O–H groups in total. The third kappa shape index (κ3) is 3.49. The van der Waals surface area contributed by atoms with Crippen molar-refractivity contribution in [3.8, 4) is 0 Å². The van der Waals surface area contributed by atoms with Crippen LogP contribution in [0.4, 0.5) is 5.69 Å². The van der Waals surface area contributed by atoms with Gasteiger partial charge in [-0.2, -0.15) is 0 Å². The lowest BCUT2D eigenvalue weighted by molar-refractivity contribution is 0.184. The number of rotatable bonds is 5. The van der Waals surface area contributed by atoms with E-state index in [4.69, 9.17) is 4.74 Å². The van der Waals surface area contributed by atoms with E-state index in [-0.39, 0.29) is 0 Å². The summed E-state index contributed by atoms with van der Waals surface area (Å²) < 4.78 is 6.37. The average molecular weight is 286 g/mol. The molecule has 3 heteroatoms. The van der Waals surface area contributed by atoms with Gasteiger partial charge in [-0.25, -0.2) is 0 Å². The van der Waals surface area contributed by atoms with Crippen LogP contribution in [0.2, 0.25) is 0 Å². The standard InChI is InChI=1S/C13H20BrNO/c1-5-11(8-16-4)15-12-6-9(2)13(14)10(3)7-12/h6-7,11,15H,5,8H2,1-4H3. The van der Waals surface area contributed by atoms with E-state index in [0.717, 1.165) is 13.0 Å². The van der Waals surface area contributed by atoms with E-state index in [1.54, 1.807) is 7.11 Å². The topological polar surface area (TPSA) is 21.3 Å². The zero-order valence-corrected chi connectivity index (χ0v) is 12.0. The Morgan fingerprint density at radius 2 is 1.88 bits per heavy atom. The van der Waals surface area contributed by atoms with E-state index in [2.05, 4.69) is 54.2 Å². The second-order valence-corrected chi connectivity index (χ2v) is 4.92. The smallest absolute Gasteiger partial charge is 0.0663 e. The van der Waals surface area contributed by atoms with Gasteiger partial charge in [0.15, 0.2) is 0 Å². The van der Waals surface area contributed by atoms with Crippen molar-refractivity contribution in [1.82, 2.24) is 0 Å². The summed E-state index contributed by atoms with van der Waals surface area (Å²) in [5.74, 6) is 0. The highest BCUT2D eigenvalue weighted by Crippen LogP contribution is 2.25. The Bertz CT molecular complexity index is 329. The number of aryl methyl sites for hydroxylation is 2. The molecule has 0 fully saturated rings. The van der Waals surface area contributed by atoms with Crippen LogP contribution in [-0.4, -0.2) is 19.8 Å². The molecule has 0 aliphatic rings. The zero-order chi connectivity index (χ0) is 12.1. The minimum Gasteiger partial charge on any atom is -0.383 e. The maximum Gasteiger partial charge on any atom is 0.0663 e. The maximum atomic E-state index is 5.18. The van der Waals surface area contributed by atoms with E-state index in [1.807, 2.05) is 0 Å². The summed E-state index contributed by atoms with van der Waals surface area (Å²) in [6, 6.07) is 4.70. The molecule has 16 heavy (non-hydrogen) atoms. The van der Waals surface area contributed by atoms with Crippen molar-refractivity contribution >= 4 is 21.6 Å². The average Bonchev–Trinajstić information content (AvgIpc) is 2.25. The molecule has 0 amide bonds. The molecule has 1 rings (SSSR count). The van der Waals surface area contributed by atoms with Crippen LogP contribution in [0.25, 0.3) is 0 Å². The Kier molecular flexibility index (Phi) is 5.29. The number of halogens is 1. The van der Waals surface area contributed by atoms with Gasteiger partial charge in [0.2, 0.25) is 0 Å². The number of ether oxygens (including phenoxy) is 1. The highest BCUT2D eigenvalue weighted by Gasteiger charge is 2.07. The van der Waals surface area contributed by atoms with Gasteiger partial charge < -0.3 is 10.1 Å². The highest BCUT2D eigenvalue weighted by molar-refractivity contribution is 9.10. The SMILES string of the molecule is CCC(COC)Nc1cc(C)c(Br)c(C)c1. The third-order valence-corrected chi connectivity index (χ3v) is 3.92. The minimum atomic E-state index is 0.380. The monoisotopic (exact) mass is 285 g/mol. The Balaban J connectivity index is 2.80. The fourth-order valence-corrected chi connectivity index (χ4v) is 1.96. The van der Waals surface area contributed by atoms with Crippen LogP contribution in [0.15, 0.2) is 16.6 Å². The van der Waals surface area contributed by atoms with Crippen LogP contribution in [0, 0.1) is 13.8 Å².